The van der Waals surface area contributed by atoms with Crippen LogP contribution in [-0.2, 0) is 0 Å². The predicted molar refractivity (Wildman–Crippen MR) is 211 cm³/mol. The van der Waals surface area contributed by atoms with Crippen LogP contribution in [0, 0.1) is 0 Å². The maximum absolute atomic E-state index is 5.13. The molecule has 0 fully saturated rings. The minimum Gasteiger partial charge on any atom is -0.278 e. The zero-order valence-electron chi connectivity index (χ0n) is 27.6. The smallest absolute Gasteiger partial charge is 0.238 e. The van der Waals surface area contributed by atoms with E-state index in [-0.39, 0.29) is 0 Å². The first kappa shape index (κ1) is 29.0. The van der Waals surface area contributed by atoms with Crippen molar-refractivity contribution in [1.29, 1.82) is 0 Å². The lowest BCUT2D eigenvalue weighted by molar-refractivity contribution is 0.953. The average molecular weight is 651 g/mol. The standard InChI is InChI=1S/C47H30N4/c1-4-14-31(15-5-1)36-27-28-37(39-21-11-10-20-38(36)39)35-25-24-32-26-29-43-44(41(32)30-35)40-22-12-13-23-42(40)51(43)47-49-45(33-16-6-2-7-17-33)48-46(50-47)34-18-8-3-9-19-34/h1-30H. The molecule has 4 heteroatoms. The van der Waals surface area contributed by atoms with Crippen molar-refractivity contribution in [2.75, 3.05) is 0 Å². The molecule has 0 N–H and O–H groups in total. The van der Waals surface area contributed by atoms with Crippen molar-refractivity contribution in [3.05, 3.63) is 182 Å². The van der Waals surface area contributed by atoms with Crippen molar-refractivity contribution >= 4 is 43.4 Å². The molecule has 10 aromatic rings. The molecule has 51 heavy (non-hydrogen) atoms. The molecule has 10 rings (SSSR count). The molecule has 0 aliphatic rings. The Balaban J connectivity index is 1.22. The third-order valence-corrected chi connectivity index (χ3v) is 9.86. The Hall–Kier alpha value is -6.91. The van der Waals surface area contributed by atoms with Crippen molar-refractivity contribution in [3.63, 3.8) is 0 Å². The Morgan fingerprint density at radius 1 is 0.333 bits per heavy atom. The van der Waals surface area contributed by atoms with Gasteiger partial charge in [-0.15, -0.1) is 0 Å². The summed E-state index contributed by atoms with van der Waals surface area (Å²) in [7, 11) is 0. The van der Waals surface area contributed by atoms with Gasteiger partial charge in [0.25, 0.3) is 0 Å². The molecule has 8 aromatic carbocycles. The predicted octanol–water partition coefficient (Wildman–Crippen LogP) is 11.9. The van der Waals surface area contributed by atoms with Crippen LogP contribution in [0.15, 0.2) is 182 Å². The van der Waals surface area contributed by atoms with Crippen LogP contribution in [0.4, 0.5) is 0 Å². The minimum atomic E-state index is 0.590. The lowest BCUT2D eigenvalue weighted by Crippen LogP contribution is -2.06. The zero-order valence-corrected chi connectivity index (χ0v) is 27.6. The fourth-order valence-electron chi connectivity index (χ4n) is 7.49. The van der Waals surface area contributed by atoms with Crippen LogP contribution in [0.1, 0.15) is 0 Å². The van der Waals surface area contributed by atoms with Crippen LogP contribution in [0.25, 0.3) is 94.3 Å². The summed E-state index contributed by atoms with van der Waals surface area (Å²) in [5.41, 5.74) is 8.84. The van der Waals surface area contributed by atoms with E-state index in [2.05, 4.69) is 126 Å². The summed E-state index contributed by atoms with van der Waals surface area (Å²) in [5.74, 6) is 1.87. The molecule has 0 bridgehead atoms. The first-order valence-corrected chi connectivity index (χ1v) is 17.2. The van der Waals surface area contributed by atoms with Crippen LogP contribution in [-0.4, -0.2) is 19.5 Å². The minimum absolute atomic E-state index is 0.590. The number of fused-ring (bicyclic) bond motifs is 6. The summed E-state index contributed by atoms with van der Waals surface area (Å²) in [6, 6.07) is 64.0. The first-order chi connectivity index (χ1) is 25.3. The molecular formula is C47H30N4. The summed E-state index contributed by atoms with van der Waals surface area (Å²) in [4.78, 5) is 15.2. The quantitative estimate of drug-likeness (QED) is 0.186. The van der Waals surface area contributed by atoms with Gasteiger partial charge in [-0.3, -0.25) is 4.57 Å². The summed E-state index contributed by atoms with van der Waals surface area (Å²) in [6.45, 7) is 0. The van der Waals surface area contributed by atoms with Gasteiger partial charge in [0.15, 0.2) is 11.6 Å². The summed E-state index contributed by atoms with van der Waals surface area (Å²) in [5, 5.41) is 7.19. The van der Waals surface area contributed by atoms with Crippen LogP contribution < -0.4 is 0 Å². The summed E-state index contributed by atoms with van der Waals surface area (Å²) >= 11 is 0. The van der Waals surface area contributed by atoms with Gasteiger partial charge in [0, 0.05) is 21.9 Å². The Bertz CT molecular complexity index is 2840. The van der Waals surface area contributed by atoms with Crippen molar-refractivity contribution in [2.45, 2.75) is 0 Å². The van der Waals surface area contributed by atoms with Crippen molar-refractivity contribution < 1.29 is 0 Å². The molecular weight excluding hydrogens is 621 g/mol. The molecule has 0 amide bonds. The van der Waals surface area contributed by atoms with Gasteiger partial charge in [-0.05, 0) is 62.0 Å². The van der Waals surface area contributed by atoms with E-state index in [4.69, 9.17) is 15.0 Å². The summed E-state index contributed by atoms with van der Waals surface area (Å²) < 4.78 is 2.20. The Morgan fingerprint density at radius 3 is 1.47 bits per heavy atom. The molecule has 2 heterocycles. The van der Waals surface area contributed by atoms with E-state index in [9.17, 15) is 0 Å². The van der Waals surface area contributed by atoms with Crippen LogP contribution >= 0.6 is 0 Å². The highest BCUT2D eigenvalue weighted by Gasteiger charge is 2.20. The highest BCUT2D eigenvalue weighted by Crippen LogP contribution is 2.40. The van der Waals surface area contributed by atoms with Gasteiger partial charge in [-0.1, -0.05) is 164 Å². The second-order valence-corrected chi connectivity index (χ2v) is 12.8. The second-order valence-electron chi connectivity index (χ2n) is 12.8. The number of hydrogen-bond acceptors (Lipinski definition) is 3. The van der Waals surface area contributed by atoms with Crippen LogP contribution in [0.5, 0.6) is 0 Å². The number of rotatable bonds is 5. The monoisotopic (exact) mass is 650 g/mol. The number of aromatic nitrogens is 4. The molecule has 0 spiro atoms. The highest BCUT2D eigenvalue weighted by atomic mass is 15.2. The van der Waals surface area contributed by atoms with Gasteiger partial charge in [-0.2, -0.15) is 9.97 Å². The fourth-order valence-corrected chi connectivity index (χ4v) is 7.49. The SMILES string of the molecule is c1ccc(-c2nc(-c3ccccc3)nc(-n3c4ccccc4c4c5cc(-c6ccc(-c7ccccc7)c7ccccc67)ccc5ccc43)n2)cc1. The summed E-state index contributed by atoms with van der Waals surface area (Å²) in [6.07, 6.45) is 0. The lowest BCUT2D eigenvalue weighted by atomic mass is 9.91. The highest BCUT2D eigenvalue weighted by molar-refractivity contribution is 6.22. The molecule has 2 aromatic heterocycles. The molecule has 0 saturated heterocycles. The Kier molecular flexibility index (Phi) is 6.78. The van der Waals surface area contributed by atoms with Gasteiger partial charge in [0.2, 0.25) is 5.95 Å². The fraction of sp³-hybridized carbons (Fsp3) is 0. The van der Waals surface area contributed by atoms with Gasteiger partial charge in [-0.25, -0.2) is 4.98 Å². The molecule has 0 radical (unpaired) electrons. The van der Waals surface area contributed by atoms with Gasteiger partial charge in [0.05, 0.1) is 11.0 Å². The average Bonchev–Trinajstić information content (AvgIpc) is 3.56. The molecule has 4 nitrogen and oxygen atoms in total. The van der Waals surface area contributed by atoms with Crippen molar-refractivity contribution in [1.82, 2.24) is 19.5 Å². The Morgan fingerprint density at radius 2 is 0.843 bits per heavy atom. The third kappa shape index (κ3) is 4.88. The number of hydrogen-bond donors (Lipinski definition) is 0. The molecule has 0 saturated carbocycles. The third-order valence-electron chi connectivity index (χ3n) is 9.86. The first-order valence-electron chi connectivity index (χ1n) is 17.2. The van der Waals surface area contributed by atoms with E-state index in [0.717, 1.165) is 27.5 Å². The molecule has 0 aliphatic heterocycles. The maximum atomic E-state index is 5.13. The van der Waals surface area contributed by atoms with Crippen LogP contribution in [0.3, 0.4) is 0 Å². The topological polar surface area (TPSA) is 43.6 Å². The van der Waals surface area contributed by atoms with E-state index in [0.29, 0.717) is 17.6 Å². The lowest BCUT2D eigenvalue weighted by Gasteiger charge is -2.13. The second kappa shape index (κ2) is 11.9. The van der Waals surface area contributed by atoms with Crippen molar-refractivity contribution in [3.8, 4) is 51.0 Å². The molecule has 238 valence electrons. The van der Waals surface area contributed by atoms with Gasteiger partial charge in [0.1, 0.15) is 0 Å². The molecule has 0 unspecified atom stereocenters. The molecule has 0 aliphatic carbocycles. The van der Waals surface area contributed by atoms with E-state index in [1.165, 1.54) is 49.2 Å². The van der Waals surface area contributed by atoms with E-state index in [1.54, 1.807) is 0 Å². The number of para-hydroxylation sites is 1. The van der Waals surface area contributed by atoms with Gasteiger partial charge < -0.3 is 0 Å². The largest absolute Gasteiger partial charge is 0.278 e. The van der Waals surface area contributed by atoms with Crippen LogP contribution in [0.2, 0.25) is 0 Å². The van der Waals surface area contributed by atoms with Crippen molar-refractivity contribution in [2.24, 2.45) is 0 Å². The van der Waals surface area contributed by atoms with Gasteiger partial charge >= 0.3 is 0 Å². The zero-order chi connectivity index (χ0) is 33.7. The Labute approximate surface area is 295 Å². The van der Waals surface area contributed by atoms with E-state index >= 15 is 0 Å². The molecule has 0 atom stereocenters. The normalized spacial score (nSPS) is 11.5. The number of nitrogens with zero attached hydrogens (tertiary/aromatic N) is 4. The maximum Gasteiger partial charge on any atom is 0.238 e. The van der Waals surface area contributed by atoms with E-state index < -0.39 is 0 Å². The number of benzene rings is 8. The van der Waals surface area contributed by atoms with E-state index in [1.807, 2.05) is 60.7 Å².